The largest absolute Gasteiger partial charge is 0.382 e. The molecule has 1 aliphatic rings. The van der Waals surface area contributed by atoms with E-state index < -0.39 is 0 Å². The van der Waals surface area contributed by atoms with Crippen LogP contribution in [0.1, 0.15) is 37.3 Å². The van der Waals surface area contributed by atoms with Gasteiger partial charge < -0.3 is 16.8 Å². The summed E-state index contributed by atoms with van der Waals surface area (Å²) in [5.74, 6) is 1.47. The third-order valence-corrected chi connectivity index (χ3v) is 5.44. The number of benzene rings is 1. The molecule has 0 aliphatic heterocycles. The molecule has 5 rings (SSSR count). The van der Waals surface area contributed by atoms with E-state index in [-0.39, 0.29) is 0 Å². The zero-order chi connectivity index (χ0) is 19.8. The first kappa shape index (κ1) is 17.6. The minimum absolute atomic E-state index is 0.310. The number of rotatable bonds is 4. The molecule has 3 aromatic heterocycles. The van der Waals surface area contributed by atoms with Gasteiger partial charge in [-0.25, -0.2) is 14.6 Å². The van der Waals surface area contributed by atoms with E-state index in [4.69, 9.17) is 16.5 Å². The summed E-state index contributed by atoms with van der Waals surface area (Å²) in [5.41, 5.74) is 16.5. The van der Waals surface area contributed by atoms with Crippen LogP contribution in [0.5, 0.6) is 0 Å². The molecule has 0 spiro atoms. The van der Waals surface area contributed by atoms with Gasteiger partial charge in [-0.2, -0.15) is 0 Å². The van der Waals surface area contributed by atoms with Gasteiger partial charge in [-0.15, -0.1) is 10.2 Å². The molecule has 0 atom stereocenters. The molecule has 1 fully saturated rings. The smallest absolute Gasteiger partial charge is 0.179 e. The molecule has 0 radical (unpaired) electrons. The maximum atomic E-state index is 6.04. The quantitative estimate of drug-likeness (QED) is 0.414. The number of imidazole rings is 1. The van der Waals surface area contributed by atoms with Crippen LogP contribution in [0.15, 0.2) is 36.5 Å². The molecule has 0 saturated heterocycles. The number of hydrogen-bond donors (Lipinski definition) is 4. The molecule has 6 N–H and O–H groups in total. The van der Waals surface area contributed by atoms with E-state index in [1.54, 1.807) is 10.6 Å². The fraction of sp³-hybridized carbons (Fsp3) is 0.316. The van der Waals surface area contributed by atoms with Gasteiger partial charge in [-0.1, -0.05) is 0 Å². The van der Waals surface area contributed by atoms with Crippen LogP contribution in [-0.4, -0.2) is 41.3 Å². The van der Waals surface area contributed by atoms with Gasteiger partial charge in [-0.3, -0.25) is 0 Å². The molecule has 29 heavy (non-hydrogen) atoms. The molecular weight excluding hydrogens is 368 g/mol. The van der Waals surface area contributed by atoms with E-state index >= 15 is 0 Å². The summed E-state index contributed by atoms with van der Waals surface area (Å²) in [6.45, 7) is 0. The summed E-state index contributed by atoms with van der Waals surface area (Å²) in [5, 5.41) is 21.7. The Balaban J connectivity index is 1.43. The summed E-state index contributed by atoms with van der Waals surface area (Å²) in [4.78, 5) is 4.87. The van der Waals surface area contributed by atoms with Gasteiger partial charge >= 0.3 is 0 Å². The van der Waals surface area contributed by atoms with E-state index in [1.165, 1.54) is 0 Å². The van der Waals surface area contributed by atoms with Crippen LogP contribution in [0.2, 0.25) is 0 Å². The highest BCUT2D eigenvalue weighted by Gasteiger charge is 2.23. The van der Waals surface area contributed by atoms with Crippen molar-refractivity contribution in [2.75, 3.05) is 11.1 Å². The Morgan fingerprint density at radius 1 is 1.10 bits per heavy atom. The Kier molecular flexibility index (Phi) is 4.32. The van der Waals surface area contributed by atoms with Crippen LogP contribution in [0.4, 0.5) is 17.2 Å². The number of nitrogen functional groups attached to an aromatic ring is 1. The predicted molar refractivity (Wildman–Crippen MR) is 109 cm³/mol. The number of nitrogens with one attached hydrogen (secondary N) is 2. The average Bonchev–Trinajstić information content (AvgIpc) is 3.39. The van der Waals surface area contributed by atoms with Crippen molar-refractivity contribution in [3.05, 3.63) is 42.2 Å². The molecule has 10 nitrogen and oxygen atoms in total. The second-order valence-corrected chi connectivity index (χ2v) is 7.48. The van der Waals surface area contributed by atoms with E-state index in [1.807, 2.05) is 30.5 Å². The van der Waals surface area contributed by atoms with Crippen molar-refractivity contribution in [1.29, 1.82) is 0 Å². The van der Waals surface area contributed by atoms with E-state index in [0.29, 0.717) is 23.6 Å². The number of tetrazole rings is 1. The molecule has 0 amide bonds. The van der Waals surface area contributed by atoms with Crippen LogP contribution in [0, 0.1) is 0 Å². The Morgan fingerprint density at radius 3 is 2.62 bits per heavy atom. The summed E-state index contributed by atoms with van der Waals surface area (Å²) < 4.78 is 1.76. The number of fused-ring (bicyclic) bond motifs is 1. The number of nitrogens with two attached hydrogens (primary N) is 2. The lowest BCUT2D eigenvalue weighted by atomic mass is 9.85. The highest BCUT2D eigenvalue weighted by molar-refractivity contribution is 5.76. The molecule has 1 aliphatic carbocycles. The van der Waals surface area contributed by atoms with Gasteiger partial charge in [0.2, 0.25) is 0 Å². The second kappa shape index (κ2) is 7.13. The minimum Gasteiger partial charge on any atom is -0.382 e. The van der Waals surface area contributed by atoms with Gasteiger partial charge in [-0.05, 0) is 60.4 Å². The number of hydrogen-bond acceptors (Lipinski definition) is 8. The number of aromatic amines is 1. The molecule has 0 unspecified atom stereocenters. The summed E-state index contributed by atoms with van der Waals surface area (Å²) in [6.07, 6.45) is 6.17. The van der Waals surface area contributed by atoms with Crippen LogP contribution in [0.25, 0.3) is 17.0 Å². The molecule has 3 heterocycles. The van der Waals surface area contributed by atoms with Crippen LogP contribution in [0.3, 0.4) is 0 Å². The molecular formula is C19H22N10. The Labute approximate surface area is 166 Å². The van der Waals surface area contributed by atoms with Crippen molar-refractivity contribution < 1.29 is 0 Å². The first-order chi connectivity index (χ1) is 14.2. The summed E-state index contributed by atoms with van der Waals surface area (Å²) in [6, 6.07) is 9.90. The SMILES string of the molecule is Nc1cc(Nc2ccc(-c3nnn[nH]3)cc2)c2nc([C@H]3CC[C@H](N)CC3)cn2n1. The van der Waals surface area contributed by atoms with Crippen molar-refractivity contribution in [2.24, 2.45) is 5.73 Å². The zero-order valence-electron chi connectivity index (χ0n) is 15.8. The van der Waals surface area contributed by atoms with E-state index in [9.17, 15) is 0 Å². The highest BCUT2D eigenvalue weighted by Crippen LogP contribution is 2.33. The second-order valence-electron chi connectivity index (χ2n) is 7.48. The van der Waals surface area contributed by atoms with Gasteiger partial charge in [0.05, 0.1) is 17.6 Å². The molecule has 1 saturated carbocycles. The van der Waals surface area contributed by atoms with Crippen molar-refractivity contribution in [3.63, 3.8) is 0 Å². The number of aromatic nitrogens is 7. The Hall–Kier alpha value is -3.53. The highest BCUT2D eigenvalue weighted by atomic mass is 15.5. The van der Waals surface area contributed by atoms with Gasteiger partial charge in [0.25, 0.3) is 0 Å². The fourth-order valence-corrected chi connectivity index (χ4v) is 3.87. The maximum Gasteiger partial charge on any atom is 0.179 e. The standard InChI is InChI=1S/C19H22N10/c20-13-5-1-11(2-6-13)16-10-29-19(23-16)15(9-17(21)26-29)22-14-7-3-12(4-8-14)18-24-27-28-25-18/h3-4,7-11,13,22H,1-2,5-6,20H2,(H2,21,26)(H,24,25,27,28)/t11-,13-. The van der Waals surface area contributed by atoms with Gasteiger partial charge in [0, 0.05) is 29.3 Å². The summed E-state index contributed by atoms with van der Waals surface area (Å²) in [7, 11) is 0. The number of nitrogens with zero attached hydrogens (tertiary/aromatic N) is 6. The Morgan fingerprint density at radius 2 is 1.90 bits per heavy atom. The van der Waals surface area contributed by atoms with Gasteiger partial charge in [0.1, 0.15) is 5.82 Å². The average molecular weight is 390 g/mol. The van der Waals surface area contributed by atoms with Crippen molar-refractivity contribution in [3.8, 4) is 11.4 Å². The van der Waals surface area contributed by atoms with E-state index in [2.05, 4.69) is 31.0 Å². The van der Waals surface area contributed by atoms with Crippen molar-refractivity contribution in [1.82, 2.24) is 35.2 Å². The van der Waals surface area contributed by atoms with Crippen molar-refractivity contribution in [2.45, 2.75) is 37.6 Å². The third-order valence-electron chi connectivity index (χ3n) is 5.44. The monoisotopic (exact) mass is 390 g/mol. The predicted octanol–water partition coefficient (Wildman–Crippen LogP) is 2.22. The normalized spacial score (nSPS) is 19.5. The van der Waals surface area contributed by atoms with E-state index in [0.717, 1.165) is 54.0 Å². The van der Waals surface area contributed by atoms with Crippen LogP contribution < -0.4 is 16.8 Å². The first-order valence-electron chi connectivity index (χ1n) is 9.68. The minimum atomic E-state index is 0.310. The lowest BCUT2D eigenvalue weighted by Gasteiger charge is -2.24. The third kappa shape index (κ3) is 3.49. The molecule has 4 aromatic rings. The molecule has 0 bridgehead atoms. The molecule has 148 valence electrons. The summed E-state index contributed by atoms with van der Waals surface area (Å²) >= 11 is 0. The number of H-pyrrole nitrogens is 1. The van der Waals surface area contributed by atoms with Crippen molar-refractivity contribution >= 4 is 22.8 Å². The first-order valence-corrected chi connectivity index (χ1v) is 9.68. The maximum absolute atomic E-state index is 6.04. The Bertz CT molecular complexity index is 1110. The van der Waals surface area contributed by atoms with Crippen LogP contribution in [-0.2, 0) is 0 Å². The lowest BCUT2D eigenvalue weighted by molar-refractivity contribution is 0.391. The lowest BCUT2D eigenvalue weighted by Crippen LogP contribution is -2.25. The molecule has 10 heteroatoms. The number of anilines is 3. The van der Waals surface area contributed by atoms with Crippen LogP contribution >= 0.6 is 0 Å². The fourth-order valence-electron chi connectivity index (χ4n) is 3.87. The molecule has 1 aromatic carbocycles. The topological polar surface area (TPSA) is 149 Å². The zero-order valence-corrected chi connectivity index (χ0v) is 15.8. The van der Waals surface area contributed by atoms with Gasteiger partial charge in [0.15, 0.2) is 11.5 Å².